The molecule has 0 aromatic carbocycles. The van der Waals surface area contributed by atoms with Gasteiger partial charge in [-0.1, -0.05) is 39.3 Å². The Balaban J connectivity index is 0.759. The van der Waals surface area contributed by atoms with Crippen LogP contribution in [0.25, 0.3) is 0 Å². The Bertz CT molecular complexity index is 2990. The quantitative estimate of drug-likeness (QED) is 0.0334. The first-order valence-corrected chi connectivity index (χ1v) is 36.3. The van der Waals surface area contributed by atoms with Gasteiger partial charge in [-0.25, -0.2) is 4.79 Å². The number of aliphatic hydroxyl groups excluding tert-OH is 13. The van der Waals surface area contributed by atoms with E-state index in [9.17, 15) is 81.1 Å². The van der Waals surface area contributed by atoms with Crippen LogP contribution in [0.3, 0.4) is 0 Å². The lowest BCUT2D eigenvalue weighted by Crippen LogP contribution is -2.69. The zero-order chi connectivity index (χ0) is 73.0. The van der Waals surface area contributed by atoms with E-state index in [1.807, 2.05) is 0 Å². The van der Waals surface area contributed by atoms with Crippen LogP contribution in [0, 0.1) is 62.6 Å². The van der Waals surface area contributed by atoms with Crippen molar-refractivity contribution in [1.29, 1.82) is 0 Å². The number of terminal acetylenes is 1. The lowest BCUT2D eigenvalue weighted by atomic mass is 9.33. The highest BCUT2D eigenvalue weighted by atomic mass is 16.8. The van der Waals surface area contributed by atoms with Gasteiger partial charge < -0.3 is 138 Å². The summed E-state index contributed by atoms with van der Waals surface area (Å²) < 4.78 is 79.5. The van der Waals surface area contributed by atoms with Crippen molar-refractivity contribution in [3.05, 3.63) is 11.6 Å². The van der Waals surface area contributed by atoms with E-state index in [2.05, 4.69) is 39.7 Å². The summed E-state index contributed by atoms with van der Waals surface area (Å²) in [5.74, 6) is 0.792. The maximum absolute atomic E-state index is 15.8. The van der Waals surface area contributed by atoms with Crippen LogP contribution in [0.4, 0.5) is 0 Å². The molecule has 0 amide bonds. The van der Waals surface area contributed by atoms with Gasteiger partial charge in [0.05, 0.1) is 68.0 Å². The summed E-state index contributed by atoms with van der Waals surface area (Å²) in [7, 11) is 0. The zero-order valence-corrected chi connectivity index (χ0v) is 58.4. The number of ether oxygens (including phenoxy) is 13. The first kappa shape index (κ1) is 77.7. The Morgan fingerprint density at radius 1 is 0.594 bits per heavy atom. The van der Waals surface area contributed by atoms with Gasteiger partial charge in [-0.05, 0) is 132 Å². The van der Waals surface area contributed by atoms with Crippen molar-refractivity contribution in [3.8, 4) is 12.3 Å². The number of allylic oxidation sites excluding steroid dienone is 2. The van der Waals surface area contributed by atoms with Gasteiger partial charge in [-0.2, -0.15) is 0 Å². The predicted molar refractivity (Wildman–Crippen MR) is 342 cm³/mol. The van der Waals surface area contributed by atoms with Crippen LogP contribution >= 0.6 is 0 Å². The molecule has 7 aliphatic heterocycles. The second kappa shape index (κ2) is 29.9. The van der Waals surface area contributed by atoms with Crippen LogP contribution in [0.15, 0.2) is 11.6 Å². The molecule has 7 heterocycles. The van der Waals surface area contributed by atoms with Crippen molar-refractivity contribution in [3.63, 3.8) is 0 Å². The molecule has 0 spiro atoms. The average Bonchev–Trinajstić information content (AvgIpc) is 0.674. The third-order valence-corrected chi connectivity index (χ3v) is 26.6. The standard InChI is InChI=1S/C71H108O30/c1-9-66(4)18-20-71(44(77)24-40-38(11-10-22-89-40)95-62-55(85)52(82)57(32(3)93-62)98-47-25-39(37(76)29-91-47)94-46-23-35(74)36(75)28-90-46)21-19-69(7)33(34(71)26-66)12-13-43-67(5)16-15-45(68(6,30-73)42(67)14-17-70(43,69)8)97-65-60(101-64-54(84)51(81)49(79)41(27-72)96-64)58(56(86)59(100-65)61(87)88)99-63-53(83)50(80)48(78)31(2)92-63/h1,12,30-32,34-43,45-60,62-65,72,74-76,78-86H,10-11,13-29H2,2-8H3,(H,87,88)/t31-,32-,34-,35+,36+,37+,38+,39+,40?,41+,42?,43?,45-,46-,47-,48-,49-,50+,51-,52-,53+,54+,55+,56-,57-,58-,59-,60+,62-,63-,64-,65+,66+,67-,68-,69+,70+,71-/m0/s1. The van der Waals surface area contributed by atoms with Crippen LogP contribution in [0.1, 0.15) is 145 Å². The minimum absolute atomic E-state index is 0.00151. The number of carboxylic acid groups (broad SMARTS) is 1. The monoisotopic (exact) mass is 1440 g/mol. The normalized spacial score (nSPS) is 54.0. The summed E-state index contributed by atoms with van der Waals surface area (Å²) in [5, 5.41) is 152. The summed E-state index contributed by atoms with van der Waals surface area (Å²) in [4.78, 5) is 43.1. The van der Waals surface area contributed by atoms with E-state index in [0.29, 0.717) is 77.2 Å². The Morgan fingerprint density at radius 3 is 1.92 bits per heavy atom. The minimum atomic E-state index is -2.18. The Hall–Kier alpha value is -2.93. The third-order valence-electron chi connectivity index (χ3n) is 26.6. The molecule has 12 rings (SSSR count). The smallest absolute Gasteiger partial charge is 0.335 e. The molecule has 30 nitrogen and oxygen atoms in total. The van der Waals surface area contributed by atoms with E-state index >= 15 is 4.79 Å². The fourth-order valence-corrected chi connectivity index (χ4v) is 20.2. The molecule has 7 saturated heterocycles. The Morgan fingerprint density at radius 2 is 1.24 bits per heavy atom. The summed E-state index contributed by atoms with van der Waals surface area (Å²) in [6.45, 7) is 13.0. The predicted octanol–water partition coefficient (Wildman–Crippen LogP) is -1.13. The molecule has 0 bridgehead atoms. The highest BCUT2D eigenvalue weighted by Gasteiger charge is 2.71. The maximum atomic E-state index is 15.8. The highest BCUT2D eigenvalue weighted by Crippen LogP contribution is 2.76. The van der Waals surface area contributed by atoms with Crippen LogP contribution in [-0.2, 0) is 76.0 Å². The van der Waals surface area contributed by atoms with Gasteiger partial charge in [0.25, 0.3) is 0 Å². The van der Waals surface area contributed by atoms with E-state index < -0.39 is 223 Å². The van der Waals surface area contributed by atoms with Crippen molar-refractivity contribution >= 4 is 18.0 Å². The van der Waals surface area contributed by atoms with Gasteiger partial charge in [-0.15, -0.1) is 12.3 Å². The van der Waals surface area contributed by atoms with Crippen molar-refractivity contribution in [2.45, 2.75) is 323 Å². The third kappa shape index (κ3) is 13.9. The number of ketones is 1. The highest BCUT2D eigenvalue weighted by molar-refractivity contribution is 5.87. The SMILES string of the molecule is C#C[C@]1(C)CC[C@]2(C(=O)CC3OCCC[C@H]3O[C@@H]3O[C@@H](C)[C@H](O[C@H]4C[C@@H](O[C@H]5C[C@@H](O)[C@H](O)CO5)[C@H](O)CO4)[C@@H](O)[C@H]3O)CC[C@]3(C)C(=CCC4[C@@]5(C)CC[C@H](O[C@@H]6O[C@H](C(=O)O)[C@@H](O)[C@H](O[C@@H]7O[C@@H](C)[C@H](O)[C@@H](O)[C@H]7O)[C@H]6O[C@@H]6O[C@H](CO)[C@H](O)[C@H](O)[C@H]6O)[C@@](C)(C=O)C5CC[C@]43C)[C@@H]2C1. The number of Topliss-reactive ketones (excluding diaryl/α,β-unsaturated/α-hetero) is 1. The van der Waals surface area contributed by atoms with E-state index in [1.165, 1.54) is 12.5 Å². The molecule has 3 unspecified atom stereocenters. The molecule has 30 heteroatoms. The van der Waals surface area contributed by atoms with Crippen molar-refractivity contribution in [1.82, 2.24) is 0 Å². The molecule has 0 aromatic heterocycles. The number of aldehydes is 1. The minimum Gasteiger partial charge on any atom is -0.479 e. The second-order valence-electron chi connectivity index (χ2n) is 32.4. The van der Waals surface area contributed by atoms with Gasteiger partial charge in [0, 0.05) is 36.7 Å². The lowest BCUT2D eigenvalue weighted by molar-refractivity contribution is -0.394. The summed E-state index contributed by atoms with van der Waals surface area (Å²) in [5.41, 5.74) is -2.94. The van der Waals surface area contributed by atoms with Crippen LogP contribution in [0.2, 0.25) is 0 Å². The van der Waals surface area contributed by atoms with Gasteiger partial charge in [-0.3, -0.25) is 4.79 Å². The summed E-state index contributed by atoms with van der Waals surface area (Å²) in [6, 6.07) is 0. The number of carboxylic acids is 1. The molecule has 0 radical (unpaired) electrons. The van der Waals surface area contributed by atoms with Gasteiger partial charge >= 0.3 is 5.97 Å². The molecule has 0 aromatic rings. The van der Waals surface area contributed by atoms with E-state index in [1.54, 1.807) is 13.8 Å². The second-order valence-corrected chi connectivity index (χ2v) is 32.4. The Kier molecular flexibility index (Phi) is 23.0. The first-order valence-electron chi connectivity index (χ1n) is 36.3. The number of aliphatic hydroxyl groups is 13. The van der Waals surface area contributed by atoms with Crippen LogP contribution < -0.4 is 0 Å². The molecule has 5 aliphatic carbocycles. The largest absolute Gasteiger partial charge is 0.479 e. The molecule has 4 saturated carbocycles. The van der Waals surface area contributed by atoms with Gasteiger partial charge in [0.2, 0.25) is 0 Å². The number of fused-ring (bicyclic) bond motifs is 7. The summed E-state index contributed by atoms with van der Waals surface area (Å²) in [6.07, 6.45) is -26.7. The molecule has 11 fully saturated rings. The molecule has 572 valence electrons. The number of aliphatic carboxylic acids is 1. The zero-order valence-electron chi connectivity index (χ0n) is 58.4. The summed E-state index contributed by atoms with van der Waals surface area (Å²) >= 11 is 0. The van der Waals surface area contributed by atoms with Gasteiger partial charge in [0.15, 0.2) is 43.8 Å². The molecular weight excluding hydrogens is 1330 g/mol. The number of carbonyl (C=O) groups excluding carboxylic acids is 2. The molecule has 38 atom stereocenters. The first-order chi connectivity index (χ1) is 47.7. The van der Waals surface area contributed by atoms with Crippen molar-refractivity contribution in [2.24, 2.45) is 50.2 Å². The molecular formula is C71H108O30. The molecule has 101 heavy (non-hydrogen) atoms. The number of hydrogen-bond acceptors (Lipinski definition) is 29. The average molecular weight is 1440 g/mol. The van der Waals surface area contributed by atoms with Crippen LogP contribution in [0.5, 0.6) is 0 Å². The fraction of sp³-hybridized carbons (Fsp3) is 0.901. The van der Waals surface area contributed by atoms with E-state index in [0.717, 1.165) is 6.29 Å². The van der Waals surface area contributed by atoms with Gasteiger partial charge in [0.1, 0.15) is 104 Å². The number of rotatable bonds is 18. The maximum Gasteiger partial charge on any atom is 0.335 e. The van der Waals surface area contributed by atoms with E-state index in [4.69, 9.17) is 68.0 Å². The van der Waals surface area contributed by atoms with E-state index in [-0.39, 0.29) is 62.4 Å². The molecule has 12 aliphatic rings. The van der Waals surface area contributed by atoms with Crippen LogP contribution in [-0.4, -0.2) is 294 Å². The van der Waals surface area contributed by atoms with Crippen molar-refractivity contribution in [2.75, 3.05) is 26.4 Å². The van der Waals surface area contributed by atoms with Crippen molar-refractivity contribution < 1.29 is 147 Å². The number of carbonyl (C=O) groups is 3. The number of hydrogen-bond donors (Lipinski definition) is 14. The topological polar surface area (TPSA) is 454 Å². The Labute approximate surface area is 587 Å². The fourth-order valence-electron chi connectivity index (χ4n) is 20.2. The molecule has 14 N–H and O–H groups in total. The lowest BCUT2D eigenvalue weighted by Gasteiger charge is -2.71.